The number of nitrogens with zero attached hydrogens (tertiary/aromatic N) is 1. The minimum absolute atomic E-state index is 0.210. The third-order valence-corrected chi connectivity index (χ3v) is 4.02. The first-order valence-corrected chi connectivity index (χ1v) is 6.38. The van der Waals surface area contributed by atoms with Crippen LogP contribution in [0.15, 0.2) is 24.3 Å². The summed E-state index contributed by atoms with van der Waals surface area (Å²) in [4.78, 5) is 14.5. The molecule has 1 saturated carbocycles. The second-order valence-corrected chi connectivity index (χ2v) is 5.20. The van der Waals surface area contributed by atoms with E-state index in [1.54, 1.807) is 0 Å². The molecule has 3 rings (SSSR count). The van der Waals surface area contributed by atoms with Crippen molar-refractivity contribution in [3.63, 3.8) is 0 Å². The van der Waals surface area contributed by atoms with Crippen molar-refractivity contribution < 1.29 is 4.79 Å². The number of amides is 1. The summed E-state index contributed by atoms with van der Waals surface area (Å²) in [7, 11) is 5.69. The highest BCUT2D eigenvalue weighted by Crippen LogP contribution is 2.49. The Bertz CT molecular complexity index is 430. The largest absolute Gasteiger partial charge is 0.342 e. The van der Waals surface area contributed by atoms with Crippen LogP contribution in [-0.4, -0.2) is 31.7 Å². The highest BCUT2D eigenvalue weighted by atomic mass is 16.2. The van der Waals surface area contributed by atoms with E-state index in [1.807, 2.05) is 29.2 Å². The van der Waals surface area contributed by atoms with Crippen LogP contribution in [0.3, 0.4) is 0 Å². The number of hydrogen-bond acceptors (Lipinski definition) is 1. The lowest BCUT2D eigenvalue weighted by Crippen LogP contribution is -2.37. The Morgan fingerprint density at radius 3 is 2.24 bits per heavy atom. The van der Waals surface area contributed by atoms with Gasteiger partial charge in [0.15, 0.2) is 0 Å². The Morgan fingerprint density at radius 1 is 1.12 bits per heavy atom. The maximum atomic E-state index is 12.5. The van der Waals surface area contributed by atoms with Gasteiger partial charge in [-0.3, -0.25) is 4.79 Å². The van der Waals surface area contributed by atoms with Gasteiger partial charge in [0.2, 0.25) is 5.91 Å². The Balaban J connectivity index is 1.85. The van der Waals surface area contributed by atoms with Crippen molar-refractivity contribution in [3.8, 4) is 0 Å². The van der Waals surface area contributed by atoms with Crippen molar-refractivity contribution in [2.45, 2.75) is 31.1 Å². The SMILES string of the molecule is [B]c1ccc(C2(C(=O)N3CCCC3)CC2)cc1. The van der Waals surface area contributed by atoms with Crippen LogP contribution < -0.4 is 5.46 Å². The molecule has 1 heterocycles. The Labute approximate surface area is 103 Å². The molecule has 2 fully saturated rings. The molecule has 1 aliphatic carbocycles. The van der Waals surface area contributed by atoms with Gasteiger partial charge in [0.1, 0.15) is 7.85 Å². The maximum absolute atomic E-state index is 12.5. The van der Waals surface area contributed by atoms with Crippen molar-refractivity contribution in [3.05, 3.63) is 29.8 Å². The first-order valence-electron chi connectivity index (χ1n) is 6.38. The normalized spacial score (nSPS) is 21.5. The third-order valence-electron chi connectivity index (χ3n) is 4.02. The molecule has 0 spiro atoms. The van der Waals surface area contributed by atoms with Crippen LogP contribution in [-0.2, 0) is 10.2 Å². The molecule has 1 aliphatic heterocycles. The standard InChI is InChI=1S/C14H16BNO/c15-12-5-3-11(4-6-12)14(7-8-14)13(17)16-9-1-2-10-16/h3-6H,1-2,7-10H2. The van der Waals surface area contributed by atoms with Crippen LogP contribution >= 0.6 is 0 Å². The lowest BCUT2D eigenvalue weighted by Gasteiger charge is -2.23. The Hall–Kier alpha value is -1.25. The van der Waals surface area contributed by atoms with Crippen LogP contribution in [0.25, 0.3) is 0 Å². The summed E-state index contributed by atoms with van der Waals surface area (Å²) in [5.74, 6) is 0.333. The summed E-state index contributed by atoms with van der Waals surface area (Å²) in [6.45, 7) is 1.88. The van der Waals surface area contributed by atoms with E-state index in [-0.39, 0.29) is 5.41 Å². The molecule has 2 nitrogen and oxygen atoms in total. The Morgan fingerprint density at radius 2 is 1.71 bits per heavy atom. The molecule has 86 valence electrons. The van der Waals surface area contributed by atoms with Gasteiger partial charge in [-0.1, -0.05) is 29.7 Å². The predicted octanol–water partition coefficient (Wildman–Crippen LogP) is 1.13. The van der Waals surface area contributed by atoms with Gasteiger partial charge in [-0.25, -0.2) is 0 Å². The first-order chi connectivity index (χ1) is 8.22. The number of hydrogen-bond donors (Lipinski definition) is 0. The zero-order valence-corrected chi connectivity index (χ0v) is 9.98. The molecular weight excluding hydrogens is 209 g/mol. The van der Waals surface area contributed by atoms with Gasteiger partial charge in [0.05, 0.1) is 5.41 Å². The lowest BCUT2D eigenvalue weighted by molar-refractivity contribution is -0.132. The minimum Gasteiger partial charge on any atom is -0.342 e. The number of carbonyl (C=O) groups excluding carboxylic acids is 1. The zero-order chi connectivity index (χ0) is 11.9. The fourth-order valence-electron chi connectivity index (χ4n) is 2.78. The number of rotatable bonds is 2. The zero-order valence-electron chi connectivity index (χ0n) is 9.98. The quantitative estimate of drug-likeness (QED) is 0.691. The van der Waals surface area contributed by atoms with Gasteiger partial charge in [0, 0.05) is 13.1 Å². The molecule has 2 radical (unpaired) electrons. The molecular formula is C14H16BNO. The third kappa shape index (κ3) is 1.78. The summed E-state index contributed by atoms with van der Waals surface area (Å²) in [5.41, 5.74) is 1.69. The average Bonchev–Trinajstić information content (AvgIpc) is 2.97. The van der Waals surface area contributed by atoms with E-state index in [0.29, 0.717) is 5.91 Å². The molecule has 0 bridgehead atoms. The topological polar surface area (TPSA) is 20.3 Å². The van der Waals surface area contributed by atoms with E-state index in [1.165, 1.54) is 0 Å². The fraction of sp³-hybridized carbons (Fsp3) is 0.500. The molecule has 17 heavy (non-hydrogen) atoms. The monoisotopic (exact) mass is 225 g/mol. The van der Waals surface area contributed by atoms with Crippen molar-refractivity contribution in [2.75, 3.05) is 13.1 Å². The van der Waals surface area contributed by atoms with Crippen LogP contribution in [0.1, 0.15) is 31.2 Å². The van der Waals surface area contributed by atoms with Crippen LogP contribution in [0.2, 0.25) is 0 Å². The molecule has 1 aromatic carbocycles. The number of carbonyl (C=O) groups is 1. The van der Waals surface area contributed by atoms with Crippen LogP contribution in [0, 0.1) is 0 Å². The fourth-order valence-corrected chi connectivity index (χ4v) is 2.78. The first kappa shape index (κ1) is 10.9. The van der Waals surface area contributed by atoms with Crippen molar-refractivity contribution >= 4 is 19.2 Å². The van der Waals surface area contributed by atoms with Crippen molar-refractivity contribution in [1.29, 1.82) is 0 Å². The van der Waals surface area contributed by atoms with Gasteiger partial charge in [-0.2, -0.15) is 0 Å². The molecule has 1 saturated heterocycles. The van der Waals surface area contributed by atoms with Crippen molar-refractivity contribution in [1.82, 2.24) is 4.90 Å². The molecule has 0 unspecified atom stereocenters. The maximum Gasteiger partial charge on any atom is 0.233 e. The van der Waals surface area contributed by atoms with Gasteiger partial charge in [0.25, 0.3) is 0 Å². The molecule has 0 aromatic heterocycles. The summed E-state index contributed by atoms with van der Waals surface area (Å²) in [6, 6.07) is 7.81. The van der Waals surface area contributed by atoms with Gasteiger partial charge in [-0.05, 0) is 31.2 Å². The molecule has 0 atom stereocenters. The summed E-state index contributed by atoms with van der Waals surface area (Å²) >= 11 is 0. The summed E-state index contributed by atoms with van der Waals surface area (Å²) in [6.07, 6.45) is 4.30. The van der Waals surface area contributed by atoms with E-state index < -0.39 is 0 Å². The molecule has 1 amide bonds. The van der Waals surface area contributed by atoms with Crippen LogP contribution in [0.4, 0.5) is 0 Å². The smallest absolute Gasteiger partial charge is 0.233 e. The van der Waals surface area contributed by atoms with Gasteiger partial charge < -0.3 is 4.90 Å². The second kappa shape index (κ2) is 3.90. The molecule has 0 N–H and O–H groups in total. The lowest BCUT2D eigenvalue weighted by atomic mass is 9.89. The predicted molar refractivity (Wildman–Crippen MR) is 68.6 cm³/mol. The average molecular weight is 225 g/mol. The van der Waals surface area contributed by atoms with E-state index >= 15 is 0 Å². The highest BCUT2D eigenvalue weighted by molar-refractivity contribution is 6.32. The van der Waals surface area contributed by atoms with E-state index in [9.17, 15) is 4.79 Å². The van der Waals surface area contributed by atoms with Gasteiger partial charge in [-0.15, -0.1) is 0 Å². The molecule has 2 aliphatic rings. The highest BCUT2D eigenvalue weighted by Gasteiger charge is 2.53. The molecule has 3 heteroatoms. The van der Waals surface area contributed by atoms with Gasteiger partial charge >= 0.3 is 0 Å². The number of likely N-dealkylation sites (tertiary alicyclic amines) is 1. The van der Waals surface area contributed by atoms with E-state index in [4.69, 9.17) is 7.85 Å². The Kier molecular flexibility index (Phi) is 2.50. The van der Waals surface area contributed by atoms with Crippen molar-refractivity contribution in [2.24, 2.45) is 0 Å². The second-order valence-electron chi connectivity index (χ2n) is 5.20. The summed E-state index contributed by atoms with van der Waals surface area (Å²) in [5, 5.41) is 0. The van der Waals surface area contributed by atoms with E-state index in [0.717, 1.165) is 49.8 Å². The summed E-state index contributed by atoms with van der Waals surface area (Å²) < 4.78 is 0. The van der Waals surface area contributed by atoms with E-state index in [2.05, 4.69) is 0 Å². The minimum atomic E-state index is -0.210. The molecule has 1 aromatic rings. The van der Waals surface area contributed by atoms with Crippen LogP contribution in [0.5, 0.6) is 0 Å². The number of benzene rings is 1.